The monoisotopic (exact) mass is 226 g/mol. The van der Waals surface area contributed by atoms with E-state index in [4.69, 9.17) is 0 Å². The summed E-state index contributed by atoms with van der Waals surface area (Å²) in [5.74, 6) is -0.892. The second kappa shape index (κ2) is 4.63. The Morgan fingerprint density at radius 1 is 1.25 bits per heavy atom. The highest BCUT2D eigenvalue weighted by Crippen LogP contribution is 2.31. The van der Waals surface area contributed by atoms with Crippen LogP contribution in [0.1, 0.15) is 33.6 Å². The van der Waals surface area contributed by atoms with Crippen LogP contribution in [0.4, 0.5) is 4.79 Å². The van der Waals surface area contributed by atoms with E-state index in [1.165, 1.54) is 0 Å². The summed E-state index contributed by atoms with van der Waals surface area (Å²) in [6.07, 6.45) is 0.845. The summed E-state index contributed by atoms with van der Waals surface area (Å²) in [5, 5.41) is 4.71. The molecule has 3 amide bonds. The summed E-state index contributed by atoms with van der Waals surface area (Å²) in [6, 6.07) is -0.518. The number of amides is 3. The van der Waals surface area contributed by atoms with Gasteiger partial charge in [0, 0.05) is 12.5 Å². The van der Waals surface area contributed by atoms with Crippen molar-refractivity contribution in [2.24, 2.45) is 11.3 Å². The number of ketones is 1. The van der Waals surface area contributed by atoms with E-state index in [1.54, 1.807) is 20.8 Å². The average molecular weight is 226 g/mol. The van der Waals surface area contributed by atoms with E-state index in [-0.39, 0.29) is 18.2 Å². The third kappa shape index (κ3) is 1.94. The highest BCUT2D eigenvalue weighted by Gasteiger charge is 2.45. The molecule has 0 aromatic carbocycles. The number of hydrogen-bond acceptors (Lipinski definition) is 3. The molecule has 2 N–H and O–H groups in total. The zero-order valence-corrected chi connectivity index (χ0v) is 9.92. The van der Waals surface area contributed by atoms with Crippen LogP contribution in [0.2, 0.25) is 0 Å². The number of Topliss-reactive ketones (excluding diaryl/α,β-unsaturated/α-hetero) is 1. The van der Waals surface area contributed by atoms with Crippen molar-refractivity contribution in [1.82, 2.24) is 10.6 Å². The molecule has 0 bridgehead atoms. The predicted octanol–water partition coefficient (Wildman–Crippen LogP) is 0.837. The minimum absolute atomic E-state index is 0.0880. The molecule has 0 radical (unpaired) electrons. The van der Waals surface area contributed by atoms with Gasteiger partial charge in [-0.05, 0) is 12.8 Å². The molecule has 1 rings (SSSR count). The highest BCUT2D eigenvalue weighted by molar-refractivity contribution is 6.12. The average Bonchev–Trinajstić information content (AvgIpc) is 2.27. The van der Waals surface area contributed by atoms with Crippen molar-refractivity contribution < 1.29 is 14.4 Å². The summed E-state index contributed by atoms with van der Waals surface area (Å²) >= 11 is 0. The Hall–Kier alpha value is -1.39. The first kappa shape index (κ1) is 12.7. The lowest BCUT2D eigenvalue weighted by atomic mass is 9.73. The zero-order valence-electron chi connectivity index (χ0n) is 9.92. The topological polar surface area (TPSA) is 75.3 Å². The van der Waals surface area contributed by atoms with Crippen LogP contribution in [-0.2, 0) is 9.59 Å². The maximum absolute atomic E-state index is 12.2. The largest absolute Gasteiger partial charge is 0.337 e. The quantitative estimate of drug-likeness (QED) is 0.685. The van der Waals surface area contributed by atoms with Crippen molar-refractivity contribution in [2.75, 3.05) is 6.54 Å². The number of rotatable bonds is 2. The van der Waals surface area contributed by atoms with Crippen LogP contribution < -0.4 is 10.6 Å². The van der Waals surface area contributed by atoms with E-state index in [9.17, 15) is 14.4 Å². The molecule has 1 fully saturated rings. The SMILES string of the molecule is CCC1(CC)C(=O)NC(=O)NCC(C)C1=O. The van der Waals surface area contributed by atoms with Gasteiger partial charge in [-0.25, -0.2) is 4.79 Å². The fraction of sp³-hybridized carbons (Fsp3) is 0.727. The first-order valence-corrected chi connectivity index (χ1v) is 5.61. The van der Waals surface area contributed by atoms with E-state index in [0.29, 0.717) is 12.8 Å². The second-order valence-electron chi connectivity index (χ2n) is 4.22. The molecule has 0 spiro atoms. The molecule has 1 atom stereocenters. The lowest BCUT2D eigenvalue weighted by molar-refractivity contribution is -0.144. The number of hydrogen-bond donors (Lipinski definition) is 2. The predicted molar refractivity (Wildman–Crippen MR) is 58.7 cm³/mol. The van der Waals surface area contributed by atoms with Gasteiger partial charge in [-0.2, -0.15) is 0 Å². The molecule has 16 heavy (non-hydrogen) atoms. The second-order valence-corrected chi connectivity index (χ2v) is 4.22. The number of carbonyl (C=O) groups excluding carboxylic acids is 3. The van der Waals surface area contributed by atoms with E-state index in [2.05, 4.69) is 10.6 Å². The normalized spacial score (nSPS) is 25.4. The molecule has 1 saturated heterocycles. The molecule has 5 nitrogen and oxygen atoms in total. The molecule has 1 aliphatic heterocycles. The minimum atomic E-state index is -1.04. The summed E-state index contributed by atoms with van der Waals surface area (Å²) in [4.78, 5) is 35.4. The maximum Gasteiger partial charge on any atom is 0.321 e. The van der Waals surface area contributed by atoms with E-state index < -0.39 is 17.4 Å². The van der Waals surface area contributed by atoms with Crippen molar-refractivity contribution in [3.8, 4) is 0 Å². The van der Waals surface area contributed by atoms with Gasteiger partial charge >= 0.3 is 6.03 Å². The number of carbonyl (C=O) groups is 3. The van der Waals surface area contributed by atoms with Gasteiger partial charge < -0.3 is 5.32 Å². The van der Waals surface area contributed by atoms with Crippen LogP contribution in [0, 0.1) is 11.3 Å². The lowest BCUT2D eigenvalue weighted by Gasteiger charge is -2.33. The summed E-state index contributed by atoms with van der Waals surface area (Å²) < 4.78 is 0. The van der Waals surface area contributed by atoms with E-state index in [0.717, 1.165) is 0 Å². The Balaban J connectivity index is 3.11. The highest BCUT2D eigenvalue weighted by atomic mass is 16.2. The fourth-order valence-electron chi connectivity index (χ4n) is 2.11. The number of nitrogens with one attached hydrogen (secondary N) is 2. The van der Waals surface area contributed by atoms with Crippen molar-refractivity contribution in [3.63, 3.8) is 0 Å². The van der Waals surface area contributed by atoms with Gasteiger partial charge in [-0.15, -0.1) is 0 Å². The number of urea groups is 1. The van der Waals surface area contributed by atoms with Gasteiger partial charge in [0.05, 0.1) is 0 Å². The van der Waals surface area contributed by atoms with Crippen molar-refractivity contribution >= 4 is 17.7 Å². The summed E-state index contributed by atoms with van der Waals surface area (Å²) in [6.45, 7) is 5.61. The molecular weight excluding hydrogens is 208 g/mol. The van der Waals surface area contributed by atoms with Crippen LogP contribution >= 0.6 is 0 Å². The maximum atomic E-state index is 12.2. The zero-order chi connectivity index (χ0) is 12.3. The molecule has 0 saturated carbocycles. The van der Waals surface area contributed by atoms with Crippen LogP contribution in [0.15, 0.2) is 0 Å². The molecule has 90 valence electrons. The number of imide groups is 1. The van der Waals surface area contributed by atoms with Gasteiger partial charge in [-0.3, -0.25) is 14.9 Å². The summed E-state index contributed by atoms with van der Waals surface area (Å²) in [7, 11) is 0. The van der Waals surface area contributed by atoms with Gasteiger partial charge in [-0.1, -0.05) is 20.8 Å². The molecule has 1 heterocycles. The standard InChI is InChI=1S/C11H18N2O3/c1-4-11(5-2)8(14)7(3)6-12-10(16)13-9(11)15/h7H,4-6H2,1-3H3,(H2,12,13,15,16). The van der Waals surface area contributed by atoms with Gasteiger partial charge in [0.15, 0.2) is 5.78 Å². The molecule has 1 aliphatic rings. The van der Waals surface area contributed by atoms with Crippen LogP contribution in [0.25, 0.3) is 0 Å². The van der Waals surface area contributed by atoms with Crippen LogP contribution in [0.3, 0.4) is 0 Å². The fourth-order valence-corrected chi connectivity index (χ4v) is 2.11. The molecular formula is C11H18N2O3. The minimum Gasteiger partial charge on any atom is -0.337 e. The molecule has 1 unspecified atom stereocenters. The summed E-state index contributed by atoms with van der Waals surface area (Å²) in [5.41, 5.74) is -1.04. The Morgan fingerprint density at radius 2 is 1.81 bits per heavy atom. The molecule has 5 heteroatoms. The van der Waals surface area contributed by atoms with Crippen molar-refractivity contribution in [3.05, 3.63) is 0 Å². The third-order valence-electron chi connectivity index (χ3n) is 3.36. The van der Waals surface area contributed by atoms with Crippen LogP contribution in [0.5, 0.6) is 0 Å². The Bertz CT molecular complexity index is 321. The van der Waals surface area contributed by atoms with Gasteiger partial charge in [0.2, 0.25) is 5.91 Å². The van der Waals surface area contributed by atoms with Gasteiger partial charge in [0.25, 0.3) is 0 Å². The van der Waals surface area contributed by atoms with Crippen LogP contribution in [-0.4, -0.2) is 24.3 Å². The molecule has 0 aromatic heterocycles. The van der Waals surface area contributed by atoms with E-state index in [1.807, 2.05) is 0 Å². The molecule has 0 aromatic rings. The Kier molecular flexibility index (Phi) is 3.67. The van der Waals surface area contributed by atoms with Crippen molar-refractivity contribution in [1.29, 1.82) is 0 Å². The molecule has 0 aliphatic carbocycles. The van der Waals surface area contributed by atoms with E-state index >= 15 is 0 Å². The first-order valence-electron chi connectivity index (χ1n) is 5.61. The Labute approximate surface area is 95.0 Å². The van der Waals surface area contributed by atoms with Gasteiger partial charge in [0.1, 0.15) is 5.41 Å². The Morgan fingerprint density at radius 3 is 2.31 bits per heavy atom. The van der Waals surface area contributed by atoms with Crippen molar-refractivity contribution in [2.45, 2.75) is 33.6 Å². The smallest absolute Gasteiger partial charge is 0.321 e. The lowest BCUT2D eigenvalue weighted by Crippen LogP contribution is -2.56. The third-order valence-corrected chi connectivity index (χ3v) is 3.36. The first-order chi connectivity index (χ1) is 7.47.